The fourth-order valence-electron chi connectivity index (χ4n) is 5.06. The van der Waals surface area contributed by atoms with E-state index in [1.807, 2.05) is 35.2 Å². The van der Waals surface area contributed by atoms with Gasteiger partial charge in [-0.05, 0) is 54.8 Å². The smallest absolute Gasteiger partial charge is 0.333 e. The molecule has 1 N–H and O–H groups in total. The molecule has 0 bridgehead atoms. The van der Waals surface area contributed by atoms with E-state index in [-0.39, 0.29) is 24.6 Å². The summed E-state index contributed by atoms with van der Waals surface area (Å²) in [5, 5.41) is 11.2. The van der Waals surface area contributed by atoms with Crippen molar-refractivity contribution in [3.05, 3.63) is 70.8 Å². The number of hydrogen-bond donors (Lipinski definition) is 1. The first kappa shape index (κ1) is 23.7. The number of anilines is 3. The number of pyridine rings is 1. The molecule has 3 aromatic rings. The number of piperazine rings is 1. The van der Waals surface area contributed by atoms with Crippen LogP contribution in [-0.2, 0) is 11.2 Å². The maximum absolute atomic E-state index is 15.2. The first-order chi connectivity index (χ1) is 16.5. The van der Waals surface area contributed by atoms with Gasteiger partial charge in [0.15, 0.2) is 0 Å². The van der Waals surface area contributed by atoms with E-state index in [1.54, 1.807) is 12.4 Å². The summed E-state index contributed by atoms with van der Waals surface area (Å²) in [6.45, 7) is 2.89. The van der Waals surface area contributed by atoms with E-state index < -0.39 is 5.97 Å². The molecule has 0 amide bonds. The Labute approximate surface area is 214 Å². The molecule has 182 valence electrons. The SMILES string of the molecule is Cl.O=C(O)C1=CN(C2CC2)c2cc(N3CCN(c4ccnc5cc(Cl)ccc45)CC3)c(F)cc2C1. The van der Waals surface area contributed by atoms with E-state index in [4.69, 9.17) is 11.6 Å². The minimum Gasteiger partial charge on any atom is -0.478 e. The lowest BCUT2D eigenvalue weighted by atomic mass is 9.98. The van der Waals surface area contributed by atoms with Crippen molar-refractivity contribution in [2.45, 2.75) is 25.3 Å². The minimum atomic E-state index is -0.942. The van der Waals surface area contributed by atoms with Gasteiger partial charge in [0.05, 0.1) is 16.8 Å². The Morgan fingerprint density at radius 1 is 1.00 bits per heavy atom. The maximum Gasteiger partial charge on any atom is 0.333 e. The van der Waals surface area contributed by atoms with Crippen LogP contribution >= 0.6 is 24.0 Å². The predicted octanol–water partition coefficient (Wildman–Crippen LogP) is 5.27. The third-order valence-corrected chi connectivity index (χ3v) is 7.19. The molecule has 2 fully saturated rings. The van der Waals surface area contributed by atoms with Gasteiger partial charge < -0.3 is 19.8 Å². The Bertz CT molecular complexity index is 1340. The van der Waals surface area contributed by atoms with Crippen LogP contribution in [0.15, 0.2) is 54.4 Å². The Hall–Kier alpha value is -3.03. The van der Waals surface area contributed by atoms with Gasteiger partial charge in [0.1, 0.15) is 5.82 Å². The Balaban J connectivity index is 0.00000253. The molecule has 1 aliphatic carbocycles. The van der Waals surface area contributed by atoms with E-state index in [2.05, 4.69) is 14.8 Å². The molecule has 3 heterocycles. The van der Waals surface area contributed by atoms with Gasteiger partial charge in [0, 0.05) is 72.8 Å². The molecule has 1 saturated carbocycles. The van der Waals surface area contributed by atoms with Gasteiger partial charge >= 0.3 is 5.97 Å². The van der Waals surface area contributed by atoms with E-state index >= 15 is 4.39 Å². The van der Waals surface area contributed by atoms with E-state index in [0.717, 1.165) is 53.8 Å². The summed E-state index contributed by atoms with van der Waals surface area (Å²) in [5.74, 6) is -1.23. The highest BCUT2D eigenvalue weighted by molar-refractivity contribution is 6.31. The van der Waals surface area contributed by atoms with Crippen molar-refractivity contribution in [1.82, 2.24) is 4.98 Å². The van der Waals surface area contributed by atoms with E-state index in [1.165, 1.54) is 6.07 Å². The largest absolute Gasteiger partial charge is 0.478 e. The summed E-state index contributed by atoms with van der Waals surface area (Å²) in [6.07, 6.45) is 5.84. The van der Waals surface area contributed by atoms with Gasteiger partial charge in [-0.25, -0.2) is 9.18 Å². The Kier molecular flexibility index (Phi) is 6.23. The number of carbonyl (C=O) groups is 1. The molecule has 1 aromatic heterocycles. The van der Waals surface area contributed by atoms with Crippen molar-refractivity contribution in [3.8, 4) is 0 Å². The first-order valence-electron chi connectivity index (χ1n) is 11.6. The van der Waals surface area contributed by atoms with Crippen LogP contribution in [0.3, 0.4) is 0 Å². The van der Waals surface area contributed by atoms with Crippen molar-refractivity contribution in [3.63, 3.8) is 0 Å². The first-order valence-corrected chi connectivity index (χ1v) is 11.9. The third-order valence-electron chi connectivity index (χ3n) is 6.96. The highest BCUT2D eigenvalue weighted by Crippen LogP contribution is 2.41. The highest BCUT2D eigenvalue weighted by atomic mass is 35.5. The highest BCUT2D eigenvalue weighted by Gasteiger charge is 2.34. The van der Waals surface area contributed by atoms with Crippen LogP contribution < -0.4 is 14.7 Å². The molecule has 6 rings (SSSR count). The second-order valence-electron chi connectivity index (χ2n) is 9.17. The molecule has 0 spiro atoms. The normalized spacial score (nSPS) is 17.7. The Morgan fingerprint density at radius 2 is 1.71 bits per heavy atom. The molecular weight excluding hydrogens is 490 g/mol. The lowest BCUT2D eigenvalue weighted by molar-refractivity contribution is -0.132. The fraction of sp³-hybridized carbons (Fsp3) is 0.308. The molecule has 0 radical (unpaired) electrons. The molecule has 2 aliphatic heterocycles. The molecular formula is C26H25Cl2FN4O2. The zero-order chi connectivity index (χ0) is 23.4. The van der Waals surface area contributed by atoms with E-state index in [9.17, 15) is 9.90 Å². The van der Waals surface area contributed by atoms with Crippen LogP contribution in [-0.4, -0.2) is 48.3 Å². The van der Waals surface area contributed by atoms with Gasteiger partial charge in [-0.15, -0.1) is 12.4 Å². The van der Waals surface area contributed by atoms with Crippen molar-refractivity contribution >= 4 is 57.9 Å². The number of aliphatic carboxylic acids is 1. The summed E-state index contributed by atoms with van der Waals surface area (Å²) >= 11 is 6.13. The number of nitrogens with zero attached hydrogens (tertiary/aromatic N) is 4. The third kappa shape index (κ3) is 4.39. The van der Waals surface area contributed by atoms with Crippen LogP contribution in [0.25, 0.3) is 10.9 Å². The summed E-state index contributed by atoms with van der Waals surface area (Å²) in [7, 11) is 0. The van der Waals surface area contributed by atoms with Crippen LogP contribution in [0, 0.1) is 5.82 Å². The summed E-state index contributed by atoms with van der Waals surface area (Å²) < 4.78 is 15.2. The molecule has 9 heteroatoms. The molecule has 0 unspecified atom stereocenters. The summed E-state index contributed by atoms with van der Waals surface area (Å²) in [4.78, 5) is 22.5. The molecule has 35 heavy (non-hydrogen) atoms. The van der Waals surface area contributed by atoms with Crippen LogP contribution in [0.2, 0.25) is 5.02 Å². The van der Waals surface area contributed by atoms with Crippen LogP contribution in [0.4, 0.5) is 21.5 Å². The van der Waals surface area contributed by atoms with Gasteiger partial charge in [-0.3, -0.25) is 4.98 Å². The molecule has 0 atom stereocenters. The lowest BCUT2D eigenvalue weighted by Crippen LogP contribution is -2.47. The van der Waals surface area contributed by atoms with Crippen LogP contribution in [0.1, 0.15) is 18.4 Å². The molecule has 6 nitrogen and oxygen atoms in total. The number of carboxylic acids is 1. The monoisotopic (exact) mass is 514 g/mol. The second-order valence-corrected chi connectivity index (χ2v) is 9.61. The number of carboxylic acid groups (broad SMARTS) is 1. The quantitative estimate of drug-likeness (QED) is 0.511. The number of fused-ring (bicyclic) bond motifs is 2. The second kappa shape index (κ2) is 9.21. The molecule has 3 aliphatic rings. The summed E-state index contributed by atoms with van der Waals surface area (Å²) in [6, 6.07) is 11.5. The fourth-order valence-corrected chi connectivity index (χ4v) is 5.23. The van der Waals surface area contributed by atoms with Crippen molar-refractivity contribution in [2.75, 3.05) is 40.9 Å². The van der Waals surface area contributed by atoms with Gasteiger partial charge in [0.2, 0.25) is 0 Å². The van der Waals surface area contributed by atoms with Gasteiger partial charge in [-0.2, -0.15) is 0 Å². The minimum absolute atomic E-state index is 0. The molecule has 2 aromatic carbocycles. The van der Waals surface area contributed by atoms with Gasteiger partial charge in [-0.1, -0.05) is 11.6 Å². The van der Waals surface area contributed by atoms with Crippen molar-refractivity contribution in [2.24, 2.45) is 0 Å². The van der Waals surface area contributed by atoms with Crippen molar-refractivity contribution < 1.29 is 14.3 Å². The van der Waals surface area contributed by atoms with E-state index in [0.29, 0.717) is 35.4 Å². The lowest BCUT2D eigenvalue weighted by Gasteiger charge is -2.38. The topological polar surface area (TPSA) is 59.9 Å². The van der Waals surface area contributed by atoms with Gasteiger partial charge in [0.25, 0.3) is 0 Å². The average Bonchev–Trinajstić information content (AvgIpc) is 3.68. The number of benzene rings is 2. The average molecular weight is 515 g/mol. The summed E-state index contributed by atoms with van der Waals surface area (Å²) in [5.41, 5.74) is 4.55. The standard InChI is InChI=1S/C26H24ClFN4O2.ClH/c27-18-1-4-20-22(13-18)29-6-5-23(20)30-7-9-31(10-8-30)25-14-24-16(12-21(25)28)11-17(26(33)34)15-32(24)19-2-3-19;/h1,4-6,12-15,19H,2-3,7-11H2,(H,33,34);1H. The zero-order valence-corrected chi connectivity index (χ0v) is 20.5. The molecule has 1 saturated heterocycles. The maximum atomic E-state index is 15.2. The Morgan fingerprint density at radius 3 is 2.40 bits per heavy atom. The number of hydrogen-bond acceptors (Lipinski definition) is 5. The number of aromatic nitrogens is 1. The predicted molar refractivity (Wildman–Crippen MR) is 140 cm³/mol. The van der Waals surface area contributed by atoms with Crippen LogP contribution in [0.5, 0.6) is 0 Å². The number of rotatable bonds is 4. The van der Waals surface area contributed by atoms with Crippen molar-refractivity contribution in [1.29, 1.82) is 0 Å². The zero-order valence-electron chi connectivity index (χ0n) is 19.0. The number of halogens is 3.